The number of rotatable bonds is 5. The minimum atomic E-state index is -0.0703. The van der Waals surface area contributed by atoms with E-state index in [9.17, 15) is 9.59 Å². The summed E-state index contributed by atoms with van der Waals surface area (Å²) in [4.78, 5) is 25.7. The highest BCUT2D eigenvalue weighted by Gasteiger charge is 2.60. The predicted octanol–water partition coefficient (Wildman–Crippen LogP) is 3.96. The maximum atomic E-state index is 12.1. The zero-order valence-corrected chi connectivity index (χ0v) is 15.4. The molecule has 0 aromatic rings. The number of nitrogens with zero attached hydrogens (tertiary/aromatic N) is 1. The fraction of sp³-hybridized carbons (Fsp3) is 0.727. The number of imide groups is 1. The molecule has 0 spiro atoms. The molecule has 3 fully saturated rings. The number of carbonyl (C=O) groups is 2. The van der Waals surface area contributed by atoms with Crippen LogP contribution in [0.25, 0.3) is 0 Å². The molecule has 0 aromatic heterocycles. The highest BCUT2D eigenvalue weighted by molar-refractivity contribution is 6.18. The smallest absolute Gasteiger partial charge is 0.256 e. The number of unbranched alkanes of at least 4 members (excludes halogenated alkanes) is 1. The van der Waals surface area contributed by atoms with E-state index in [0.29, 0.717) is 17.7 Å². The Hall–Kier alpha value is -1.38. The maximum Gasteiger partial charge on any atom is 0.256 e. The van der Waals surface area contributed by atoms with Crippen LogP contribution in [0.5, 0.6) is 0 Å². The molecular weight excluding hydrogens is 310 g/mol. The number of fused-ring (bicyclic) bond motifs is 9. The molecule has 25 heavy (non-hydrogen) atoms. The van der Waals surface area contributed by atoms with E-state index < -0.39 is 0 Å². The van der Waals surface area contributed by atoms with Crippen LogP contribution >= 0.6 is 0 Å². The Morgan fingerprint density at radius 2 is 1.60 bits per heavy atom. The van der Waals surface area contributed by atoms with Crippen molar-refractivity contribution in [3.63, 3.8) is 0 Å². The molecule has 4 aliphatic carbocycles. The molecule has 4 bridgehead atoms. The lowest BCUT2D eigenvalue weighted by Crippen LogP contribution is -2.33. The molecule has 3 saturated carbocycles. The van der Waals surface area contributed by atoms with Crippen molar-refractivity contribution in [2.75, 3.05) is 6.54 Å². The van der Waals surface area contributed by atoms with Crippen LogP contribution in [0.15, 0.2) is 23.3 Å². The summed E-state index contributed by atoms with van der Waals surface area (Å²) in [6.07, 6.45) is 12.8. The van der Waals surface area contributed by atoms with Gasteiger partial charge >= 0.3 is 0 Å². The van der Waals surface area contributed by atoms with E-state index in [1.54, 1.807) is 13.8 Å². The molecular formula is C22H29NO2. The molecule has 1 heterocycles. The topological polar surface area (TPSA) is 37.4 Å². The second-order valence-corrected chi connectivity index (χ2v) is 9.27. The van der Waals surface area contributed by atoms with E-state index in [1.165, 1.54) is 30.6 Å². The van der Waals surface area contributed by atoms with Gasteiger partial charge < -0.3 is 0 Å². The molecule has 134 valence electrons. The van der Waals surface area contributed by atoms with Crippen molar-refractivity contribution in [3.8, 4) is 0 Å². The lowest BCUT2D eigenvalue weighted by molar-refractivity contribution is -0.137. The summed E-state index contributed by atoms with van der Waals surface area (Å²) in [6, 6.07) is 0. The fourth-order valence-electron chi connectivity index (χ4n) is 7.18. The summed E-state index contributed by atoms with van der Waals surface area (Å²) in [5.74, 6) is 6.56. The van der Waals surface area contributed by atoms with E-state index in [4.69, 9.17) is 0 Å². The molecule has 3 heteroatoms. The second kappa shape index (κ2) is 5.56. The van der Waals surface area contributed by atoms with Crippen LogP contribution in [0.4, 0.5) is 0 Å². The van der Waals surface area contributed by atoms with Gasteiger partial charge in [0.15, 0.2) is 0 Å². The third-order valence-electron chi connectivity index (χ3n) is 8.31. The monoisotopic (exact) mass is 339 g/mol. The van der Waals surface area contributed by atoms with Gasteiger partial charge in [-0.2, -0.15) is 0 Å². The van der Waals surface area contributed by atoms with Gasteiger partial charge in [0.2, 0.25) is 0 Å². The molecule has 3 nitrogen and oxygen atoms in total. The molecule has 0 radical (unpaired) electrons. The van der Waals surface area contributed by atoms with Crippen molar-refractivity contribution >= 4 is 11.8 Å². The first-order valence-corrected chi connectivity index (χ1v) is 10.3. The Bertz CT molecular complexity index is 666. The Morgan fingerprint density at radius 1 is 0.920 bits per heavy atom. The Morgan fingerprint density at radius 3 is 2.32 bits per heavy atom. The highest BCUT2D eigenvalue weighted by Crippen LogP contribution is 2.67. The van der Waals surface area contributed by atoms with Crippen molar-refractivity contribution in [2.24, 2.45) is 41.4 Å². The average Bonchev–Trinajstić information content (AvgIpc) is 3.39. The van der Waals surface area contributed by atoms with Gasteiger partial charge in [0, 0.05) is 17.7 Å². The van der Waals surface area contributed by atoms with Gasteiger partial charge in [-0.1, -0.05) is 25.0 Å². The van der Waals surface area contributed by atoms with Gasteiger partial charge in [0.25, 0.3) is 11.8 Å². The average molecular weight is 339 g/mol. The van der Waals surface area contributed by atoms with Gasteiger partial charge in [-0.25, -0.2) is 0 Å². The van der Waals surface area contributed by atoms with Crippen LogP contribution in [0.3, 0.4) is 0 Å². The van der Waals surface area contributed by atoms with Crippen LogP contribution in [0, 0.1) is 41.4 Å². The van der Waals surface area contributed by atoms with Crippen molar-refractivity contribution < 1.29 is 9.59 Å². The second-order valence-electron chi connectivity index (χ2n) is 9.27. The largest absolute Gasteiger partial charge is 0.275 e. The van der Waals surface area contributed by atoms with Gasteiger partial charge in [-0.05, 0) is 81.0 Å². The van der Waals surface area contributed by atoms with E-state index >= 15 is 0 Å². The first kappa shape index (κ1) is 15.8. The summed E-state index contributed by atoms with van der Waals surface area (Å²) in [6.45, 7) is 4.14. The zero-order valence-electron chi connectivity index (χ0n) is 15.4. The summed E-state index contributed by atoms with van der Waals surface area (Å²) in [5, 5.41) is 0. The van der Waals surface area contributed by atoms with E-state index in [0.717, 1.165) is 54.3 Å². The number of amides is 2. The summed E-state index contributed by atoms with van der Waals surface area (Å²) >= 11 is 0. The van der Waals surface area contributed by atoms with Crippen LogP contribution in [0.2, 0.25) is 0 Å². The number of hydrogen-bond donors (Lipinski definition) is 0. The van der Waals surface area contributed by atoms with E-state index in [-0.39, 0.29) is 11.8 Å². The molecule has 7 unspecified atom stereocenters. The summed E-state index contributed by atoms with van der Waals surface area (Å²) in [5.41, 5.74) is 1.27. The lowest BCUT2D eigenvalue weighted by Gasteiger charge is -2.36. The zero-order chi connectivity index (χ0) is 17.3. The molecule has 0 aromatic carbocycles. The molecule has 7 atom stereocenters. The first-order chi connectivity index (χ1) is 12.1. The minimum absolute atomic E-state index is 0.0703. The summed E-state index contributed by atoms with van der Waals surface area (Å²) in [7, 11) is 0. The van der Waals surface area contributed by atoms with E-state index in [2.05, 4.69) is 12.2 Å². The highest BCUT2D eigenvalue weighted by atomic mass is 16.2. The van der Waals surface area contributed by atoms with Gasteiger partial charge in [-0.3, -0.25) is 14.5 Å². The quantitative estimate of drug-likeness (QED) is 0.329. The third-order valence-corrected chi connectivity index (χ3v) is 8.31. The van der Waals surface area contributed by atoms with Gasteiger partial charge in [0.1, 0.15) is 0 Å². The Kier molecular flexibility index (Phi) is 3.52. The lowest BCUT2D eigenvalue weighted by atomic mass is 9.68. The first-order valence-electron chi connectivity index (χ1n) is 10.3. The molecule has 0 N–H and O–H groups in total. The van der Waals surface area contributed by atoms with Crippen LogP contribution in [-0.2, 0) is 9.59 Å². The van der Waals surface area contributed by atoms with Crippen molar-refractivity contribution in [1.82, 2.24) is 4.90 Å². The van der Waals surface area contributed by atoms with E-state index in [1.807, 2.05) is 0 Å². The van der Waals surface area contributed by atoms with Crippen LogP contribution in [-0.4, -0.2) is 23.3 Å². The summed E-state index contributed by atoms with van der Waals surface area (Å²) < 4.78 is 0. The van der Waals surface area contributed by atoms with Crippen molar-refractivity contribution in [2.45, 2.75) is 52.4 Å². The number of allylic oxidation sites excluding steroid dienone is 2. The molecule has 5 rings (SSSR count). The molecule has 2 amide bonds. The van der Waals surface area contributed by atoms with Crippen LogP contribution < -0.4 is 0 Å². The third kappa shape index (κ3) is 2.17. The molecule has 1 aliphatic heterocycles. The predicted molar refractivity (Wildman–Crippen MR) is 96.4 cm³/mol. The van der Waals surface area contributed by atoms with Gasteiger partial charge in [0.05, 0.1) is 0 Å². The SMILES string of the molecule is CC1=C(C)C(=O)N(CCCCC2CC3CC2C2C4C=CC(C4)C32)C1=O. The fourth-order valence-corrected chi connectivity index (χ4v) is 7.18. The Labute approximate surface area is 150 Å². The molecule has 5 aliphatic rings. The Balaban J connectivity index is 1.13. The number of hydrogen-bond acceptors (Lipinski definition) is 2. The minimum Gasteiger partial charge on any atom is -0.275 e. The normalized spacial score (nSPS) is 43.9. The maximum absolute atomic E-state index is 12.1. The molecule has 0 saturated heterocycles. The number of carbonyl (C=O) groups excluding carboxylic acids is 2. The van der Waals surface area contributed by atoms with Gasteiger partial charge in [-0.15, -0.1) is 0 Å². The standard InChI is InChI=1S/C22H29NO2/c1-12-13(2)22(25)23(21(12)24)8-4-3-5-14-9-17-11-18(14)20-16-7-6-15(10-16)19(17)20/h6-7,14-20H,3-5,8-11H2,1-2H3. The van der Waals surface area contributed by atoms with Crippen molar-refractivity contribution in [1.29, 1.82) is 0 Å². The van der Waals surface area contributed by atoms with Crippen LogP contribution in [0.1, 0.15) is 52.4 Å². The van der Waals surface area contributed by atoms with Crippen molar-refractivity contribution in [3.05, 3.63) is 23.3 Å².